The second kappa shape index (κ2) is 37.6. The van der Waals surface area contributed by atoms with Gasteiger partial charge in [-0.2, -0.15) is 0 Å². The minimum atomic E-state index is -6.00. The number of hydrogen-bond acceptors (Lipinski definition) is 8. The molecular weight excluding hydrogens is 1040 g/mol. The van der Waals surface area contributed by atoms with E-state index in [1.165, 1.54) is 46.9 Å². The third-order valence-electron chi connectivity index (χ3n) is 10.8. The van der Waals surface area contributed by atoms with Crippen LogP contribution in [0.15, 0.2) is 97.6 Å². The normalized spacial score (nSPS) is 15.3. The van der Waals surface area contributed by atoms with Crippen molar-refractivity contribution in [2.24, 2.45) is 0 Å². The number of nitrogens with zero attached hydrogens (tertiary/aromatic N) is 2. The first-order chi connectivity index (χ1) is 35.2. The molecule has 0 saturated heterocycles. The van der Waals surface area contributed by atoms with Gasteiger partial charge in [-0.3, -0.25) is 0 Å². The van der Waals surface area contributed by atoms with Crippen molar-refractivity contribution in [1.82, 2.24) is 0 Å². The number of aromatic nitrogens is 2. The molecular formula is C49H74B3F12N2O8P. The van der Waals surface area contributed by atoms with Gasteiger partial charge in [0.25, 0.3) is 0 Å². The number of pyridine rings is 2. The van der Waals surface area contributed by atoms with Gasteiger partial charge >= 0.3 is 21.8 Å². The van der Waals surface area contributed by atoms with Crippen LogP contribution in [-0.2, 0) is 46.9 Å². The molecule has 4 aromatic rings. The molecule has 0 N–H and O–H groups in total. The van der Waals surface area contributed by atoms with E-state index < -0.39 is 29.0 Å². The monoisotopic (exact) mass is 1110 g/mol. The summed E-state index contributed by atoms with van der Waals surface area (Å²) in [5.74, 6) is 1.38. The highest BCUT2D eigenvalue weighted by Gasteiger charge is 2.32. The smallest absolute Gasteiger partial charge is 0.487 e. The SMILES string of the molecule is CC[P+](CC)(CC)CC[n+]1ccc(-c2cc[n+](Cc3ccc(C(C)(C)C)cc3)cc2)cc1.F[B-](F)(F)F.F[B-](F)(F)F.F[B-](F)(F)F.c1ccc2c(c1)OCCOCCOCCOCCOCCOCCOCCO2. The lowest BCUT2D eigenvalue weighted by molar-refractivity contribution is -0.692. The van der Waals surface area contributed by atoms with Crippen LogP contribution in [0, 0.1) is 0 Å². The summed E-state index contributed by atoms with van der Waals surface area (Å²) in [6, 6.07) is 25.6. The summed E-state index contributed by atoms with van der Waals surface area (Å²) in [6.45, 7) is 23.1. The van der Waals surface area contributed by atoms with Gasteiger partial charge in [0.05, 0.1) is 97.8 Å². The van der Waals surface area contributed by atoms with E-state index in [1.807, 2.05) is 24.3 Å². The molecule has 0 bridgehead atoms. The lowest BCUT2D eigenvalue weighted by atomic mass is 9.87. The molecule has 0 amide bonds. The molecule has 0 atom stereocenters. The van der Waals surface area contributed by atoms with Gasteiger partial charge in [0.15, 0.2) is 49.4 Å². The van der Waals surface area contributed by atoms with Crippen molar-refractivity contribution in [3.05, 3.63) is 109 Å². The summed E-state index contributed by atoms with van der Waals surface area (Å²) in [5.41, 5.74) is 5.48. The molecule has 0 fully saturated rings. The number of benzene rings is 2. The van der Waals surface area contributed by atoms with E-state index in [4.69, 9.17) is 37.9 Å². The van der Waals surface area contributed by atoms with E-state index in [9.17, 15) is 51.8 Å². The highest BCUT2D eigenvalue weighted by atomic mass is 31.2. The van der Waals surface area contributed by atoms with Gasteiger partial charge in [0.1, 0.15) is 19.4 Å². The van der Waals surface area contributed by atoms with Crippen LogP contribution in [0.3, 0.4) is 0 Å². The maximum absolute atomic E-state index is 9.75. The van der Waals surface area contributed by atoms with Crippen molar-refractivity contribution >= 4 is 29.0 Å². The van der Waals surface area contributed by atoms with E-state index in [1.54, 1.807) is 0 Å². The van der Waals surface area contributed by atoms with Crippen LogP contribution < -0.4 is 18.6 Å². The standard InChI is InChI=1S/C29H42N2P.C20H32O8.3BF4/c1-7-32(8-2,9-3)23-22-30-18-14-26(15-19-30)27-16-20-31(21-17-27)24-25-10-12-28(13-11-25)29(4,5)6;1-2-4-20-19(3-1)27-17-15-25-13-11-23-9-7-21-5-6-22-8-10-24-12-14-26-16-18-28-20;3*2-1(3,4)5/h10-21H,7-9,22-24H2,1-6H3;1-4H,5-18H2;;;/q+3;;3*-1. The Morgan fingerprint density at radius 1 is 0.427 bits per heavy atom. The van der Waals surface area contributed by atoms with Crippen molar-refractivity contribution in [1.29, 1.82) is 0 Å². The zero-order valence-corrected chi connectivity index (χ0v) is 44.6. The van der Waals surface area contributed by atoms with E-state index in [-0.39, 0.29) is 5.41 Å². The van der Waals surface area contributed by atoms with Crippen molar-refractivity contribution in [3.8, 4) is 22.6 Å². The molecule has 0 saturated carbocycles. The van der Waals surface area contributed by atoms with Crippen LogP contribution in [0.5, 0.6) is 11.5 Å². The summed E-state index contributed by atoms with van der Waals surface area (Å²) in [7, 11) is -18.7. The van der Waals surface area contributed by atoms with Crippen LogP contribution in [-0.4, -0.2) is 139 Å². The molecule has 75 heavy (non-hydrogen) atoms. The average molecular weight is 1110 g/mol. The molecule has 1 aliphatic rings. The second-order valence-corrected chi connectivity index (χ2v) is 22.4. The number of hydrogen-bond donors (Lipinski definition) is 0. The summed E-state index contributed by atoms with van der Waals surface area (Å²) < 4.78 is 166. The molecule has 26 heteroatoms. The zero-order chi connectivity index (χ0) is 56.2. The predicted molar refractivity (Wildman–Crippen MR) is 273 cm³/mol. The molecule has 5 rings (SSSR count). The van der Waals surface area contributed by atoms with Gasteiger partial charge in [-0.1, -0.05) is 57.2 Å². The van der Waals surface area contributed by atoms with Crippen molar-refractivity contribution in [2.45, 2.75) is 60.0 Å². The lowest BCUT2D eigenvalue weighted by Gasteiger charge is -2.21. The lowest BCUT2D eigenvalue weighted by Crippen LogP contribution is -2.35. The Balaban J connectivity index is 0.000000592. The zero-order valence-electron chi connectivity index (χ0n) is 43.8. The molecule has 426 valence electrons. The Morgan fingerprint density at radius 3 is 1.01 bits per heavy atom. The van der Waals surface area contributed by atoms with Crippen molar-refractivity contribution in [2.75, 3.05) is 117 Å². The summed E-state index contributed by atoms with van der Waals surface area (Å²) >= 11 is 0. The van der Waals surface area contributed by atoms with Gasteiger partial charge in [-0.05, 0) is 55.0 Å². The first-order valence-corrected chi connectivity index (χ1v) is 27.1. The van der Waals surface area contributed by atoms with Crippen molar-refractivity contribution < 1.29 is 98.8 Å². The molecule has 1 aliphatic heterocycles. The Hall–Kier alpha value is -4.12. The van der Waals surface area contributed by atoms with E-state index in [0.29, 0.717) is 104 Å². The fourth-order valence-electron chi connectivity index (χ4n) is 6.66. The van der Waals surface area contributed by atoms with Gasteiger partial charge in [-0.25, -0.2) is 9.13 Å². The third kappa shape index (κ3) is 39.0. The first-order valence-electron chi connectivity index (χ1n) is 24.6. The van der Waals surface area contributed by atoms with Crippen LogP contribution in [0.4, 0.5) is 51.8 Å². The molecule has 0 spiro atoms. The first kappa shape index (κ1) is 68.9. The van der Waals surface area contributed by atoms with Crippen molar-refractivity contribution in [3.63, 3.8) is 0 Å². The summed E-state index contributed by atoms with van der Waals surface area (Å²) in [5, 5.41) is 0. The molecule has 0 unspecified atom stereocenters. The number of halogens is 12. The number of fused-ring (bicyclic) bond motifs is 1. The topological polar surface area (TPSA) is 81.6 Å². The summed E-state index contributed by atoms with van der Waals surface area (Å²) in [6.07, 6.45) is 14.4. The Bertz CT molecular complexity index is 1940. The number of aryl methyl sites for hydroxylation is 1. The average Bonchev–Trinajstić information content (AvgIpc) is 3.33. The summed E-state index contributed by atoms with van der Waals surface area (Å²) in [4.78, 5) is 0. The molecule has 2 aromatic carbocycles. The van der Waals surface area contributed by atoms with Crippen LogP contribution in [0.25, 0.3) is 11.1 Å². The van der Waals surface area contributed by atoms with Crippen LogP contribution in [0.1, 0.15) is 52.7 Å². The highest BCUT2D eigenvalue weighted by molar-refractivity contribution is 7.75. The van der Waals surface area contributed by atoms with Crippen LogP contribution >= 0.6 is 7.26 Å². The number of ether oxygens (including phenoxy) is 8. The van der Waals surface area contributed by atoms with Crippen LogP contribution in [0.2, 0.25) is 0 Å². The quantitative estimate of drug-likeness (QED) is 0.0710. The largest absolute Gasteiger partial charge is 0.673 e. The predicted octanol–water partition coefficient (Wildman–Crippen LogP) is 11.8. The minimum absolute atomic E-state index is 0.202. The fraction of sp³-hybridized carbons (Fsp3) is 0.551. The maximum atomic E-state index is 9.75. The van der Waals surface area contributed by atoms with Gasteiger partial charge in [-0.15, -0.1) is 0 Å². The molecule has 2 aromatic heterocycles. The second-order valence-electron chi connectivity index (χ2n) is 17.3. The Labute approximate surface area is 435 Å². The highest BCUT2D eigenvalue weighted by Crippen LogP contribution is 2.57. The van der Waals surface area contributed by atoms with E-state index in [2.05, 4.69) is 124 Å². The number of para-hydroxylation sites is 2. The minimum Gasteiger partial charge on any atom is -0.487 e. The van der Waals surface area contributed by atoms with Gasteiger partial charge < -0.3 is 89.7 Å². The molecule has 3 heterocycles. The van der Waals surface area contributed by atoms with Gasteiger partial charge in [0, 0.05) is 37.1 Å². The van der Waals surface area contributed by atoms with E-state index in [0.717, 1.165) is 13.1 Å². The maximum Gasteiger partial charge on any atom is 0.673 e. The molecule has 0 aliphatic carbocycles. The van der Waals surface area contributed by atoms with Gasteiger partial charge in [0.2, 0.25) is 0 Å². The third-order valence-corrected chi connectivity index (χ3v) is 16.0. The molecule has 10 nitrogen and oxygen atoms in total. The van der Waals surface area contributed by atoms with E-state index >= 15 is 0 Å². The Morgan fingerprint density at radius 2 is 0.720 bits per heavy atom. The fourth-order valence-corrected chi connectivity index (χ4v) is 9.60. The molecule has 0 radical (unpaired) electrons. The number of rotatable bonds is 9. The Kier molecular flexibility index (Phi) is 34.6.